The first-order valence-corrected chi connectivity index (χ1v) is 14.1. The number of carbonyl (C=O) groups is 4. The van der Waals surface area contributed by atoms with Gasteiger partial charge in [0.25, 0.3) is 5.91 Å². The van der Waals surface area contributed by atoms with E-state index in [1.807, 2.05) is 18.2 Å². The second-order valence-corrected chi connectivity index (χ2v) is 11.6. The number of aromatic amines is 1. The lowest BCUT2D eigenvalue weighted by molar-refractivity contribution is -0.192. The van der Waals surface area contributed by atoms with Gasteiger partial charge in [-0.3, -0.25) is 19.5 Å². The van der Waals surface area contributed by atoms with E-state index in [1.54, 1.807) is 6.20 Å². The minimum atomic E-state index is -5.08. The summed E-state index contributed by atoms with van der Waals surface area (Å²) in [7, 11) is 0. The van der Waals surface area contributed by atoms with Gasteiger partial charge in [-0.25, -0.2) is 4.79 Å². The fourth-order valence-electron chi connectivity index (χ4n) is 4.65. The van der Waals surface area contributed by atoms with E-state index in [0.717, 1.165) is 59.1 Å². The van der Waals surface area contributed by atoms with E-state index in [0.29, 0.717) is 35.9 Å². The number of amides is 3. The zero-order valence-electron chi connectivity index (χ0n) is 21.8. The molecule has 14 heteroatoms. The fraction of sp³-hybridized carbons (Fsp3) is 0.444. The van der Waals surface area contributed by atoms with Gasteiger partial charge in [-0.1, -0.05) is 6.07 Å². The molecular weight excluding hydrogens is 563 g/mol. The molecule has 0 bridgehead atoms. The number of carbonyl (C=O) groups excluding carboxylic acids is 3. The molecule has 2 saturated carbocycles. The van der Waals surface area contributed by atoms with E-state index >= 15 is 0 Å². The van der Waals surface area contributed by atoms with Crippen LogP contribution in [0.1, 0.15) is 52.9 Å². The van der Waals surface area contributed by atoms with Crippen molar-refractivity contribution in [1.82, 2.24) is 15.5 Å². The second kappa shape index (κ2) is 11.5. The van der Waals surface area contributed by atoms with E-state index in [2.05, 4.69) is 26.1 Å². The quantitative estimate of drug-likeness (QED) is 0.273. The largest absolute Gasteiger partial charge is 0.490 e. The third-order valence-corrected chi connectivity index (χ3v) is 8.48. The lowest BCUT2D eigenvalue weighted by atomic mass is 9.85. The first-order chi connectivity index (χ1) is 19.5. The Kier molecular flexibility index (Phi) is 8.02. The molecule has 10 nitrogen and oxygen atoms in total. The van der Waals surface area contributed by atoms with Crippen molar-refractivity contribution < 1.29 is 37.5 Å². The number of hydrogen-bond acceptors (Lipinski definition) is 6. The van der Waals surface area contributed by atoms with Crippen LogP contribution in [0.5, 0.6) is 0 Å². The average Bonchev–Trinajstić information content (AvgIpc) is 3.85. The number of carboxylic acids is 1. The molecule has 5 N–H and O–H groups in total. The fourth-order valence-corrected chi connectivity index (χ4v) is 5.90. The second-order valence-electron chi connectivity index (χ2n) is 10.5. The molecule has 2 fully saturated rings. The predicted molar refractivity (Wildman–Crippen MR) is 145 cm³/mol. The molecule has 3 aliphatic rings. The van der Waals surface area contributed by atoms with E-state index in [4.69, 9.17) is 9.90 Å². The van der Waals surface area contributed by atoms with Gasteiger partial charge in [-0.2, -0.15) is 18.3 Å². The van der Waals surface area contributed by atoms with Crippen molar-refractivity contribution in [2.45, 2.75) is 51.1 Å². The molecule has 6 rings (SSSR count). The van der Waals surface area contributed by atoms with Crippen molar-refractivity contribution in [2.75, 3.05) is 17.2 Å². The van der Waals surface area contributed by atoms with Gasteiger partial charge >= 0.3 is 12.1 Å². The number of thiophene rings is 1. The van der Waals surface area contributed by atoms with E-state index in [9.17, 15) is 27.6 Å². The molecule has 1 aromatic carbocycles. The molecule has 1 atom stereocenters. The number of fused-ring (bicyclic) bond motifs is 2. The highest BCUT2D eigenvalue weighted by atomic mass is 32.1. The summed E-state index contributed by atoms with van der Waals surface area (Å²) < 4.78 is 31.7. The number of rotatable bonds is 7. The van der Waals surface area contributed by atoms with Gasteiger partial charge in [-0.05, 0) is 68.6 Å². The number of halogens is 3. The van der Waals surface area contributed by atoms with Crippen molar-refractivity contribution >= 4 is 56.6 Å². The lowest BCUT2D eigenvalue weighted by Crippen LogP contribution is -2.31. The first kappa shape index (κ1) is 28.6. The molecule has 0 aliphatic heterocycles. The number of hydrogen-bond donors (Lipinski definition) is 5. The third-order valence-electron chi connectivity index (χ3n) is 7.28. The Hall–Kier alpha value is -3.94. The highest BCUT2D eigenvalue weighted by molar-refractivity contribution is 7.17. The predicted octanol–water partition coefficient (Wildman–Crippen LogP) is 4.49. The molecule has 0 saturated heterocycles. The molecule has 2 heterocycles. The van der Waals surface area contributed by atoms with Crippen LogP contribution < -0.4 is 16.0 Å². The SMILES string of the molecule is O=C(NCC1CC1)c1c(NC(=O)C2CC2)sc2c1CC(C(=O)Nc1cccc3[nH]ncc13)CC2.O=C(O)C(F)(F)F. The minimum absolute atomic E-state index is 0.00246. The van der Waals surface area contributed by atoms with Crippen molar-refractivity contribution in [2.24, 2.45) is 17.8 Å². The number of carboxylic acid groups (broad SMARTS) is 1. The summed E-state index contributed by atoms with van der Waals surface area (Å²) in [5, 5.41) is 24.8. The van der Waals surface area contributed by atoms with Crippen molar-refractivity contribution in [3.05, 3.63) is 40.4 Å². The van der Waals surface area contributed by atoms with Crippen LogP contribution in [0, 0.1) is 17.8 Å². The average molecular weight is 592 g/mol. The van der Waals surface area contributed by atoms with Crippen molar-refractivity contribution in [1.29, 1.82) is 0 Å². The van der Waals surface area contributed by atoms with Gasteiger partial charge in [0, 0.05) is 28.6 Å². The molecular formula is C27H28F3N5O5S. The van der Waals surface area contributed by atoms with Crippen LogP contribution >= 0.6 is 11.3 Å². The van der Waals surface area contributed by atoms with Gasteiger partial charge < -0.3 is 21.1 Å². The standard InChI is InChI=1S/C25H27N5O3S.C2HF3O2/c31-22(14-6-7-14)29-25-21(24(33)26-11-13-4-5-13)16-10-15(8-9-20(16)34-25)23(32)28-18-2-1-3-19-17(18)12-27-30-19;3-2(4,5)1(6)7/h1-3,12-15H,4-11H2,(H,26,33)(H,27,30)(H,28,32)(H,29,31);(H,6,7). The van der Waals surface area contributed by atoms with Crippen LogP contribution in [0.4, 0.5) is 23.9 Å². The number of nitrogens with zero attached hydrogens (tertiary/aromatic N) is 1. The number of alkyl halides is 3. The Morgan fingerprint density at radius 2 is 1.73 bits per heavy atom. The number of aryl methyl sites for hydroxylation is 1. The van der Waals surface area contributed by atoms with Crippen LogP contribution in [-0.4, -0.2) is 51.7 Å². The molecule has 1 unspecified atom stereocenters. The molecule has 3 amide bonds. The highest BCUT2D eigenvalue weighted by Gasteiger charge is 2.38. The molecule has 0 radical (unpaired) electrons. The zero-order chi connectivity index (χ0) is 29.3. The Labute approximate surface area is 236 Å². The van der Waals surface area contributed by atoms with Crippen molar-refractivity contribution in [3.8, 4) is 0 Å². The Balaban J connectivity index is 0.000000431. The maximum Gasteiger partial charge on any atom is 0.490 e. The normalized spacial score (nSPS) is 18.1. The van der Waals surface area contributed by atoms with E-state index in [-0.39, 0.29) is 29.6 Å². The number of H-pyrrole nitrogens is 1. The summed E-state index contributed by atoms with van der Waals surface area (Å²) >= 11 is 1.50. The summed E-state index contributed by atoms with van der Waals surface area (Å²) in [6.07, 6.45) is 2.66. The molecule has 3 aromatic rings. The Bertz CT molecular complexity index is 1490. The van der Waals surface area contributed by atoms with Gasteiger partial charge in [0.2, 0.25) is 11.8 Å². The smallest absolute Gasteiger partial charge is 0.475 e. The highest BCUT2D eigenvalue weighted by Crippen LogP contribution is 2.41. The first-order valence-electron chi connectivity index (χ1n) is 13.3. The summed E-state index contributed by atoms with van der Waals surface area (Å²) in [6.45, 7) is 0.665. The summed E-state index contributed by atoms with van der Waals surface area (Å²) in [4.78, 5) is 48.9. The number of benzene rings is 1. The summed E-state index contributed by atoms with van der Waals surface area (Å²) in [5.74, 6) is -2.58. The Morgan fingerprint density at radius 3 is 2.39 bits per heavy atom. The molecule has 41 heavy (non-hydrogen) atoms. The van der Waals surface area contributed by atoms with Crippen molar-refractivity contribution in [3.63, 3.8) is 0 Å². The maximum absolute atomic E-state index is 13.2. The van der Waals surface area contributed by atoms with Gasteiger partial charge in [0.1, 0.15) is 5.00 Å². The van der Waals surface area contributed by atoms with Crippen LogP contribution in [-0.2, 0) is 27.2 Å². The van der Waals surface area contributed by atoms with Crippen LogP contribution in [0.15, 0.2) is 24.4 Å². The molecule has 3 aliphatic carbocycles. The van der Waals surface area contributed by atoms with E-state index < -0.39 is 12.1 Å². The topological polar surface area (TPSA) is 153 Å². The summed E-state index contributed by atoms with van der Waals surface area (Å²) in [5.41, 5.74) is 3.07. The maximum atomic E-state index is 13.2. The van der Waals surface area contributed by atoms with Gasteiger partial charge in [-0.15, -0.1) is 11.3 Å². The molecule has 218 valence electrons. The van der Waals surface area contributed by atoms with Crippen LogP contribution in [0.2, 0.25) is 0 Å². The lowest BCUT2D eigenvalue weighted by Gasteiger charge is -2.22. The summed E-state index contributed by atoms with van der Waals surface area (Å²) in [6, 6.07) is 5.67. The zero-order valence-corrected chi connectivity index (χ0v) is 22.6. The third kappa shape index (κ3) is 6.87. The monoisotopic (exact) mass is 591 g/mol. The number of aromatic nitrogens is 2. The Morgan fingerprint density at radius 1 is 1.02 bits per heavy atom. The van der Waals surface area contributed by atoms with Crippen LogP contribution in [0.3, 0.4) is 0 Å². The number of nitrogens with one attached hydrogen (secondary N) is 4. The minimum Gasteiger partial charge on any atom is -0.475 e. The number of anilines is 2. The van der Waals surface area contributed by atoms with Gasteiger partial charge in [0.15, 0.2) is 0 Å². The van der Waals surface area contributed by atoms with Gasteiger partial charge in [0.05, 0.1) is 23.0 Å². The molecule has 2 aromatic heterocycles. The number of aliphatic carboxylic acids is 1. The van der Waals surface area contributed by atoms with E-state index in [1.165, 1.54) is 11.3 Å². The van der Waals surface area contributed by atoms with Crippen LogP contribution in [0.25, 0.3) is 10.9 Å². The molecule has 0 spiro atoms.